The van der Waals surface area contributed by atoms with E-state index in [-0.39, 0.29) is 22.4 Å². The molecule has 0 aliphatic heterocycles. The van der Waals surface area contributed by atoms with Crippen molar-refractivity contribution >= 4 is 17.6 Å². The molecule has 0 aromatic heterocycles. The Morgan fingerprint density at radius 2 is 1.62 bits per heavy atom. The lowest BCUT2D eigenvalue weighted by molar-refractivity contribution is -0.146. The number of para-hydroxylation sites is 1. The van der Waals surface area contributed by atoms with E-state index in [0.29, 0.717) is 0 Å². The molecule has 0 saturated carbocycles. The summed E-state index contributed by atoms with van der Waals surface area (Å²) < 4.78 is 38.0. The predicted octanol–water partition coefficient (Wildman–Crippen LogP) is 4.30. The third-order valence-corrected chi connectivity index (χ3v) is 3.57. The SMILES string of the molecule is C[C@H](c1ccc(C(=O)Nc2ccccc2C(=O)O)cc1)C(F)(F)F. The second-order valence-corrected chi connectivity index (χ2v) is 5.19. The van der Waals surface area contributed by atoms with E-state index in [2.05, 4.69) is 5.32 Å². The van der Waals surface area contributed by atoms with Crippen molar-refractivity contribution in [3.05, 3.63) is 65.2 Å². The molecule has 2 aromatic carbocycles. The van der Waals surface area contributed by atoms with Gasteiger partial charge < -0.3 is 10.4 Å². The maximum Gasteiger partial charge on any atom is 0.395 e. The number of anilines is 1. The smallest absolute Gasteiger partial charge is 0.395 e. The Labute approximate surface area is 135 Å². The molecule has 2 N–H and O–H groups in total. The van der Waals surface area contributed by atoms with E-state index < -0.39 is 24.0 Å². The van der Waals surface area contributed by atoms with E-state index in [0.717, 1.165) is 6.92 Å². The van der Waals surface area contributed by atoms with Gasteiger partial charge in [0.15, 0.2) is 0 Å². The first-order valence-corrected chi connectivity index (χ1v) is 7.00. The number of halogens is 3. The first-order valence-electron chi connectivity index (χ1n) is 7.00. The molecule has 1 atom stereocenters. The molecule has 2 rings (SSSR count). The zero-order valence-electron chi connectivity index (χ0n) is 12.6. The number of nitrogens with one attached hydrogen (secondary N) is 1. The number of carboxylic acids is 1. The minimum Gasteiger partial charge on any atom is -0.478 e. The molecule has 0 radical (unpaired) electrons. The summed E-state index contributed by atoms with van der Waals surface area (Å²) in [4.78, 5) is 23.2. The van der Waals surface area contributed by atoms with Crippen molar-refractivity contribution in [3.8, 4) is 0 Å². The van der Waals surface area contributed by atoms with Crippen LogP contribution in [0, 0.1) is 0 Å². The number of benzene rings is 2. The van der Waals surface area contributed by atoms with Crippen molar-refractivity contribution in [1.29, 1.82) is 0 Å². The normalized spacial score (nSPS) is 12.5. The van der Waals surface area contributed by atoms with Crippen molar-refractivity contribution in [1.82, 2.24) is 0 Å². The van der Waals surface area contributed by atoms with E-state index >= 15 is 0 Å². The molecule has 0 spiro atoms. The van der Waals surface area contributed by atoms with Crippen molar-refractivity contribution in [2.24, 2.45) is 0 Å². The summed E-state index contributed by atoms with van der Waals surface area (Å²) in [6.07, 6.45) is -4.36. The topological polar surface area (TPSA) is 66.4 Å². The summed E-state index contributed by atoms with van der Waals surface area (Å²) in [7, 11) is 0. The summed E-state index contributed by atoms with van der Waals surface area (Å²) >= 11 is 0. The van der Waals surface area contributed by atoms with E-state index in [1.165, 1.54) is 42.5 Å². The molecule has 0 saturated heterocycles. The molecule has 0 heterocycles. The molecule has 24 heavy (non-hydrogen) atoms. The van der Waals surface area contributed by atoms with Crippen LogP contribution in [0.4, 0.5) is 18.9 Å². The summed E-state index contributed by atoms with van der Waals surface area (Å²) in [5.74, 6) is -3.43. The minimum absolute atomic E-state index is 0.0463. The Balaban J connectivity index is 2.18. The van der Waals surface area contributed by atoms with E-state index in [1.54, 1.807) is 6.07 Å². The molecule has 0 fully saturated rings. The summed E-state index contributed by atoms with van der Waals surface area (Å²) in [5.41, 5.74) is 0.217. The summed E-state index contributed by atoms with van der Waals surface area (Å²) in [6.45, 7) is 1.04. The molecule has 4 nitrogen and oxygen atoms in total. The van der Waals surface area contributed by atoms with Crippen LogP contribution in [0.2, 0.25) is 0 Å². The third-order valence-electron chi connectivity index (χ3n) is 3.57. The largest absolute Gasteiger partial charge is 0.478 e. The van der Waals surface area contributed by atoms with Gasteiger partial charge in [-0.3, -0.25) is 4.79 Å². The number of carboxylic acid groups (broad SMARTS) is 1. The second kappa shape index (κ2) is 6.74. The average molecular weight is 337 g/mol. The van der Waals surface area contributed by atoms with E-state index in [4.69, 9.17) is 5.11 Å². The van der Waals surface area contributed by atoms with Gasteiger partial charge in [0.2, 0.25) is 0 Å². The van der Waals surface area contributed by atoms with Crippen LogP contribution < -0.4 is 5.32 Å². The number of amides is 1. The van der Waals surface area contributed by atoms with Gasteiger partial charge in [0.25, 0.3) is 5.91 Å². The number of hydrogen-bond donors (Lipinski definition) is 2. The molecule has 7 heteroatoms. The van der Waals surface area contributed by atoms with Crippen molar-refractivity contribution < 1.29 is 27.9 Å². The highest BCUT2D eigenvalue weighted by Gasteiger charge is 2.36. The van der Waals surface area contributed by atoms with Crippen LogP contribution in [0.3, 0.4) is 0 Å². The zero-order chi connectivity index (χ0) is 17.9. The molecule has 126 valence electrons. The Morgan fingerprint density at radius 1 is 1.04 bits per heavy atom. The Morgan fingerprint density at radius 3 is 2.17 bits per heavy atom. The minimum atomic E-state index is -4.36. The van der Waals surface area contributed by atoms with Crippen molar-refractivity contribution in [3.63, 3.8) is 0 Å². The van der Waals surface area contributed by atoms with Crippen LogP contribution in [0.25, 0.3) is 0 Å². The molecule has 0 aliphatic carbocycles. The number of aromatic carboxylic acids is 1. The average Bonchev–Trinajstić information content (AvgIpc) is 2.53. The van der Waals surface area contributed by atoms with Crippen LogP contribution >= 0.6 is 0 Å². The van der Waals surface area contributed by atoms with Gasteiger partial charge in [-0.25, -0.2) is 4.79 Å². The van der Waals surface area contributed by atoms with Gasteiger partial charge in [-0.1, -0.05) is 24.3 Å². The van der Waals surface area contributed by atoms with Gasteiger partial charge in [0.1, 0.15) is 0 Å². The van der Waals surface area contributed by atoms with Crippen LogP contribution in [-0.4, -0.2) is 23.2 Å². The maximum absolute atomic E-state index is 12.7. The molecule has 0 unspecified atom stereocenters. The maximum atomic E-state index is 12.7. The molecule has 1 amide bonds. The predicted molar refractivity (Wildman–Crippen MR) is 82.3 cm³/mol. The molecule has 0 bridgehead atoms. The highest BCUT2D eigenvalue weighted by atomic mass is 19.4. The van der Waals surface area contributed by atoms with Crippen LogP contribution in [0.1, 0.15) is 39.1 Å². The van der Waals surface area contributed by atoms with Gasteiger partial charge in [0.05, 0.1) is 17.2 Å². The van der Waals surface area contributed by atoms with Crippen molar-refractivity contribution in [2.75, 3.05) is 5.32 Å². The van der Waals surface area contributed by atoms with Gasteiger partial charge in [-0.2, -0.15) is 13.2 Å². The third kappa shape index (κ3) is 3.92. The highest BCUT2D eigenvalue weighted by molar-refractivity contribution is 6.07. The fourth-order valence-electron chi connectivity index (χ4n) is 2.09. The number of rotatable bonds is 4. The van der Waals surface area contributed by atoms with Crippen LogP contribution in [0.5, 0.6) is 0 Å². The molecular weight excluding hydrogens is 323 g/mol. The number of alkyl halides is 3. The zero-order valence-corrected chi connectivity index (χ0v) is 12.6. The lowest BCUT2D eigenvalue weighted by Gasteiger charge is -2.16. The van der Waals surface area contributed by atoms with Crippen LogP contribution in [0.15, 0.2) is 48.5 Å². The Hall–Kier alpha value is -2.83. The highest BCUT2D eigenvalue weighted by Crippen LogP contribution is 2.34. The van der Waals surface area contributed by atoms with Gasteiger partial charge in [0, 0.05) is 5.56 Å². The molecular formula is C17H14F3NO3. The quantitative estimate of drug-likeness (QED) is 0.874. The second-order valence-electron chi connectivity index (χ2n) is 5.19. The molecule has 2 aromatic rings. The fourth-order valence-corrected chi connectivity index (χ4v) is 2.09. The lowest BCUT2D eigenvalue weighted by atomic mass is 9.99. The number of carbonyl (C=O) groups is 2. The molecule has 0 aliphatic rings. The van der Waals surface area contributed by atoms with Gasteiger partial charge >= 0.3 is 12.1 Å². The summed E-state index contributed by atoms with van der Waals surface area (Å²) in [6, 6.07) is 10.9. The standard InChI is InChI=1S/C17H14F3NO3/c1-10(17(18,19)20)11-6-8-12(9-7-11)15(22)21-14-5-3-2-4-13(14)16(23)24/h2-10H,1H3,(H,21,22)(H,23,24)/t10-/m1/s1. The number of carbonyl (C=O) groups excluding carboxylic acids is 1. The Kier molecular flexibility index (Phi) is 4.92. The van der Waals surface area contributed by atoms with E-state index in [1.807, 2.05) is 0 Å². The summed E-state index contributed by atoms with van der Waals surface area (Å²) in [5, 5.41) is 11.5. The first-order chi connectivity index (χ1) is 11.2. The Bertz CT molecular complexity index is 754. The first kappa shape index (κ1) is 17.5. The van der Waals surface area contributed by atoms with Crippen LogP contribution in [-0.2, 0) is 0 Å². The van der Waals surface area contributed by atoms with Gasteiger partial charge in [-0.15, -0.1) is 0 Å². The van der Waals surface area contributed by atoms with E-state index in [9.17, 15) is 22.8 Å². The number of hydrogen-bond acceptors (Lipinski definition) is 2. The lowest BCUT2D eigenvalue weighted by Crippen LogP contribution is -2.18. The van der Waals surface area contributed by atoms with Crippen molar-refractivity contribution in [2.45, 2.75) is 19.0 Å². The van der Waals surface area contributed by atoms with Gasteiger partial charge in [-0.05, 0) is 36.8 Å². The fraction of sp³-hybridized carbons (Fsp3) is 0.176. The monoisotopic (exact) mass is 337 g/mol.